The van der Waals surface area contributed by atoms with E-state index < -0.39 is 6.10 Å². The van der Waals surface area contributed by atoms with Crippen LogP contribution < -0.4 is 0 Å². The molecule has 6 heteroatoms. The third-order valence-electron chi connectivity index (χ3n) is 13.1. The fraction of sp³-hybridized carbons (Fsp3) is 0.648. The second kappa shape index (κ2) is 64.1. The molecule has 6 nitrogen and oxygen atoms in total. The zero-order chi connectivity index (χ0) is 55.7. The lowest BCUT2D eigenvalue weighted by molar-refractivity contribution is -0.167. The van der Waals surface area contributed by atoms with E-state index in [0.29, 0.717) is 19.3 Å². The lowest BCUT2D eigenvalue weighted by atomic mass is 10.1. The molecule has 0 heterocycles. The molecule has 0 rings (SSSR count). The molecular weight excluding hydrogens is 949 g/mol. The van der Waals surface area contributed by atoms with Gasteiger partial charge in [0.1, 0.15) is 13.2 Å². The van der Waals surface area contributed by atoms with Gasteiger partial charge in [0.25, 0.3) is 0 Å². The number of hydrogen-bond acceptors (Lipinski definition) is 6. The van der Waals surface area contributed by atoms with Crippen molar-refractivity contribution in [2.75, 3.05) is 13.2 Å². The molecule has 436 valence electrons. The van der Waals surface area contributed by atoms with Gasteiger partial charge in [-0.15, -0.1) is 0 Å². The van der Waals surface area contributed by atoms with Gasteiger partial charge < -0.3 is 14.2 Å². The number of allylic oxidation sites excluding steroid dienone is 22. The maximum atomic E-state index is 12.9. The van der Waals surface area contributed by atoms with Crippen molar-refractivity contribution < 1.29 is 28.6 Å². The summed E-state index contributed by atoms with van der Waals surface area (Å²) in [4.78, 5) is 38.3. The van der Waals surface area contributed by atoms with E-state index in [-0.39, 0.29) is 31.1 Å². The highest BCUT2D eigenvalue weighted by molar-refractivity contribution is 5.71. The lowest BCUT2D eigenvalue weighted by Gasteiger charge is -2.18. The molecule has 0 aliphatic heterocycles. The maximum absolute atomic E-state index is 12.9. The van der Waals surface area contributed by atoms with Crippen LogP contribution in [0.1, 0.15) is 278 Å². The van der Waals surface area contributed by atoms with Crippen molar-refractivity contribution in [2.24, 2.45) is 0 Å². The van der Waals surface area contributed by atoms with Gasteiger partial charge in [0.05, 0.1) is 0 Å². The van der Waals surface area contributed by atoms with Gasteiger partial charge in [-0.05, 0) is 135 Å². The Hall–Kier alpha value is -4.45. The smallest absolute Gasteiger partial charge is 0.306 e. The molecule has 0 aliphatic rings. The summed E-state index contributed by atoms with van der Waals surface area (Å²) in [6.07, 6.45) is 90.2. The molecule has 0 saturated heterocycles. The molecule has 0 radical (unpaired) electrons. The number of hydrogen-bond donors (Lipinski definition) is 0. The van der Waals surface area contributed by atoms with Gasteiger partial charge in [-0.1, -0.05) is 257 Å². The predicted octanol–water partition coefficient (Wildman–Crippen LogP) is 21.8. The van der Waals surface area contributed by atoms with Gasteiger partial charge >= 0.3 is 17.9 Å². The normalized spacial score (nSPS) is 13.0. The Morgan fingerprint density at radius 1 is 0.273 bits per heavy atom. The molecule has 0 fully saturated rings. The van der Waals surface area contributed by atoms with Crippen LogP contribution in [0.5, 0.6) is 0 Å². The van der Waals surface area contributed by atoms with Crippen LogP contribution in [0.3, 0.4) is 0 Å². The third-order valence-corrected chi connectivity index (χ3v) is 13.1. The van der Waals surface area contributed by atoms with Crippen molar-refractivity contribution in [2.45, 2.75) is 284 Å². The molecule has 1 atom stereocenters. The summed E-state index contributed by atoms with van der Waals surface area (Å²) in [6, 6.07) is 0. The molecular formula is C71H116O6. The van der Waals surface area contributed by atoms with Crippen molar-refractivity contribution in [1.29, 1.82) is 0 Å². The largest absolute Gasteiger partial charge is 0.462 e. The molecule has 0 N–H and O–H groups in total. The van der Waals surface area contributed by atoms with Gasteiger partial charge in [0.2, 0.25) is 0 Å². The Bertz CT molecular complexity index is 1650. The van der Waals surface area contributed by atoms with E-state index in [2.05, 4.69) is 154 Å². The van der Waals surface area contributed by atoms with E-state index in [4.69, 9.17) is 14.2 Å². The van der Waals surface area contributed by atoms with E-state index in [1.54, 1.807) is 0 Å². The minimum absolute atomic E-state index is 0.0999. The average molecular weight is 1070 g/mol. The van der Waals surface area contributed by atoms with E-state index >= 15 is 0 Å². The van der Waals surface area contributed by atoms with E-state index in [0.717, 1.165) is 154 Å². The second-order valence-electron chi connectivity index (χ2n) is 20.5. The highest BCUT2D eigenvalue weighted by Crippen LogP contribution is 2.15. The Morgan fingerprint density at radius 2 is 0.506 bits per heavy atom. The summed E-state index contributed by atoms with van der Waals surface area (Å²) < 4.78 is 16.9. The lowest BCUT2D eigenvalue weighted by Crippen LogP contribution is -2.30. The highest BCUT2D eigenvalue weighted by Gasteiger charge is 2.19. The van der Waals surface area contributed by atoms with Crippen LogP contribution >= 0.6 is 0 Å². The Labute approximate surface area is 475 Å². The zero-order valence-corrected chi connectivity index (χ0v) is 49.9. The molecule has 0 aromatic carbocycles. The maximum Gasteiger partial charge on any atom is 0.306 e. The van der Waals surface area contributed by atoms with E-state index in [1.165, 1.54) is 83.5 Å². The first kappa shape index (κ1) is 72.5. The molecule has 77 heavy (non-hydrogen) atoms. The molecule has 0 aliphatic carbocycles. The van der Waals surface area contributed by atoms with Crippen molar-refractivity contribution in [1.82, 2.24) is 0 Å². The average Bonchev–Trinajstić information content (AvgIpc) is 3.43. The summed E-state index contributed by atoms with van der Waals surface area (Å²) in [5.74, 6) is -0.944. The minimum Gasteiger partial charge on any atom is -0.462 e. The quantitative estimate of drug-likeness (QED) is 0.0261. The Morgan fingerprint density at radius 3 is 0.792 bits per heavy atom. The first-order chi connectivity index (χ1) is 38.0. The standard InChI is InChI=1S/C71H116O6/c1-4-7-10-13-16-19-22-25-28-31-33-34-35-36-38-40-43-46-49-52-55-58-61-64-70(73)76-67-68(66-75-69(72)63-60-57-54-51-48-45-42-39-30-27-24-21-18-15-12-9-6-3)77-71(74)65-62-59-56-53-50-47-44-41-37-32-29-26-23-20-17-14-11-8-5-2/h8-9,11-12,17-18,20-22,25-27,29-31,33,35-37,41-42,45,68H,4-7,10,13-16,19,23-24,28,32,34,38-40,43-44,46-67H2,1-3H3/b11-8-,12-9-,20-17-,21-18-,25-22-,29-26-,30-27-,33-31-,36-35-,41-37-,45-42-. The third kappa shape index (κ3) is 62.3. The molecule has 0 amide bonds. The SMILES string of the molecule is CC/C=C\C/C=C\C/C=C\C/C=C\CCCCCCCCC(=O)OC(COC(=O)CCCCCC/C=C\C/C=C\C/C=C\C/C=C\CC)COC(=O)CCCCCCCCCC/C=C\C/C=C\C/C=C\CCCCCCC. The van der Waals surface area contributed by atoms with Crippen LogP contribution in [-0.4, -0.2) is 37.2 Å². The van der Waals surface area contributed by atoms with Crippen molar-refractivity contribution in [3.63, 3.8) is 0 Å². The van der Waals surface area contributed by atoms with Crippen LogP contribution in [0, 0.1) is 0 Å². The first-order valence-electron chi connectivity index (χ1n) is 31.7. The van der Waals surface area contributed by atoms with Crippen molar-refractivity contribution >= 4 is 17.9 Å². The molecule has 0 bridgehead atoms. The number of unbranched alkanes of at least 4 members (excludes halogenated alkanes) is 23. The van der Waals surface area contributed by atoms with Crippen molar-refractivity contribution in [3.8, 4) is 0 Å². The van der Waals surface area contributed by atoms with E-state index in [1.807, 2.05) is 0 Å². The van der Waals surface area contributed by atoms with Crippen LogP contribution in [0.25, 0.3) is 0 Å². The summed E-state index contributed by atoms with van der Waals surface area (Å²) in [6.45, 7) is 6.37. The highest BCUT2D eigenvalue weighted by atomic mass is 16.6. The van der Waals surface area contributed by atoms with Crippen LogP contribution in [0.2, 0.25) is 0 Å². The molecule has 0 aromatic heterocycles. The molecule has 0 spiro atoms. The van der Waals surface area contributed by atoms with Crippen LogP contribution in [-0.2, 0) is 28.6 Å². The first-order valence-corrected chi connectivity index (χ1v) is 31.7. The summed E-state index contributed by atoms with van der Waals surface area (Å²) >= 11 is 0. The minimum atomic E-state index is -0.806. The number of carbonyl (C=O) groups excluding carboxylic acids is 3. The van der Waals surface area contributed by atoms with Gasteiger partial charge in [-0.25, -0.2) is 0 Å². The fourth-order valence-corrected chi connectivity index (χ4v) is 8.43. The van der Waals surface area contributed by atoms with Gasteiger partial charge in [0.15, 0.2) is 6.10 Å². The van der Waals surface area contributed by atoms with Gasteiger partial charge in [-0.3, -0.25) is 14.4 Å². The second-order valence-corrected chi connectivity index (χ2v) is 20.5. The molecule has 0 aromatic rings. The number of ether oxygens (including phenoxy) is 3. The fourth-order valence-electron chi connectivity index (χ4n) is 8.43. The monoisotopic (exact) mass is 1060 g/mol. The Kier molecular flexibility index (Phi) is 60.4. The molecule has 1 unspecified atom stereocenters. The zero-order valence-electron chi connectivity index (χ0n) is 49.9. The van der Waals surface area contributed by atoms with E-state index in [9.17, 15) is 14.4 Å². The number of rotatable bonds is 56. The molecule has 0 saturated carbocycles. The van der Waals surface area contributed by atoms with Gasteiger partial charge in [0, 0.05) is 19.3 Å². The number of carbonyl (C=O) groups is 3. The number of esters is 3. The summed E-state index contributed by atoms with van der Waals surface area (Å²) in [5, 5.41) is 0. The van der Waals surface area contributed by atoms with Crippen LogP contribution in [0.4, 0.5) is 0 Å². The predicted molar refractivity (Wildman–Crippen MR) is 334 cm³/mol. The summed E-state index contributed by atoms with van der Waals surface area (Å²) in [7, 11) is 0. The summed E-state index contributed by atoms with van der Waals surface area (Å²) in [5.41, 5.74) is 0. The van der Waals surface area contributed by atoms with Crippen LogP contribution in [0.15, 0.2) is 134 Å². The topological polar surface area (TPSA) is 78.9 Å². The Balaban J connectivity index is 4.47. The van der Waals surface area contributed by atoms with Crippen molar-refractivity contribution in [3.05, 3.63) is 134 Å². The van der Waals surface area contributed by atoms with Gasteiger partial charge in [-0.2, -0.15) is 0 Å².